The van der Waals surface area contributed by atoms with Crippen LogP contribution >= 0.6 is 11.8 Å². The molecule has 0 radical (unpaired) electrons. The van der Waals surface area contributed by atoms with E-state index in [-0.39, 0.29) is 17.0 Å². The summed E-state index contributed by atoms with van der Waals surface area (Å²) in [5.41, 5.74) is 0.766. The number of quaternary nitrogens is 1. The third kappa shape index (κ3) is 4.80. The van der Waals surface area contributed by atoms with E-state index in [1.165, 1.54) is 30.8 Å². The van der Waals surface area contributed by atoms with E-state index < -0.39 is 5.60 Å². The molecule has 3 aliphatic rings. The van der Waals surface area contributed by atoms with Gasteiger partial charge in [0.25, 0.3) is 0 Å². The molecule has 1 atom stereocenters. The fourth-order valence-electron chi connectivity index (χ4n) is 5.96. The van der Waals surface area contributed by atoms with Crippen LogP contribution in [0.2, 0.25) is 0 Å². The topological polar surface area (TPSA) is 46.3 Å². The molecule has 3 saturated heterocycles. The highest BCUT2D eigenvalue weighted by molar-refractivity contribution is 8.00. The zero-order valence-electron chi connectivity index (χ0n) is 20.2. The molecule has 3 aliphatic heterocycles. The highest BCUT2D eigenvalue weighted by Crippen LogP contribution is 2.43. The number of hydrogen-bond donors (Lipinski definition) is 1. The van der Waals surface area contributed by atoms with Gasteiger partial charge in [-0.1, -0.05) is 84.0 Å². The first-order chi connectivity index (χ1) is 17.1. The Balaban J connectivity index is 0.00000267. The molecule has 0 unspecified atom stereocenters. The fraction of sp³-hybridized carbons (Fsp3) is 0.300. The number of fused-ring (bicyclic) bond motifs is 3. The Labute approximate surface area is 227 Å². The van der Waals surface area contributed by atoms with Gasteiger partial charge in [-0.15, -0.1) is 11.8 Å². The van der Waals surface area contributed by atoms with E-state index in [1.54, 1.807) is 0 Å². The van der Waals surface area contributed by atoms with E-state index in [2.05, 4.69) is 35.5 Å². The number of thioether (sulfide) groups is 1. The molecule has 1 N–H and O–H groups in total. The first kappa shape index (κ1) is 25.3. The molecular formula is C30H31BrN2O2S. The van der Waals surface area contributed by atoms with E-state index >= 15 is 0 Å². The van der Waals surface area contributed by atoms with Gasteiger partial charge in [-0.2, -0.15) is 0 Å². The number of nitrogens with zero attached hydrogens (tertiary/aromatic N) is 2. The second-order valence-corrected chi connectivity index (χ2v) is 11.4. The molecular weight excluding hydrogens is 532 g/mol. The van der Waals surface area contributed by atoms with Crippen LogP contribution in [-0.2, 0) is 12.1 Å². The molecule has 0 aliphatic carbocycles. The molecule has 0 spiro atoms. The highest BCUT2D eigenvalue weighted by atomic mass is 79.9. The molecule has 4 aromatic rings. The molecule has 2 bridgehead atoms. The monoisotopic (exact) mass is 562 g/mol. The SMILES string of the molecule is OC(c1ccccc1)(c1ccccc1)c1cc(C[N+]23CCC(CC2)[C@@H](Sc2ccccc2)C3)on1.[Br-]. The van der Waals surface area contributed by atoms with Gasteiger partial charge in [-0.05, 0) is 29.2 Å². The van der Waals surface area contributed by atoms with Gasteiger partial charge in [-0.25, -0.2) is 0 Å². The van der Waals surface area contributed by atoms with E-state index in [1.807, 2.05) is 78.5 Å². The van der Waals surface area contributed by atoms with Crippen molar-refractivity contribution >= 4 is 11.8 Å². The van der Waals surface area contributed by atoms with Crippen molar-refractivity contribution in [2.75, 3.05) is 19.6 Å². The Kier molecular flexibility index (Phi) is 7.40. The average Bonchev–Trinajstić information content (AvgIpc) is 3.39. The lowest BCUT2D eigenvalue weighted by Gasteiger charge is -2.52. The number of aliphatic hydroxyl groups is 1. The molecule has 4 nitrogen and oxygen atoms in total. The lowest BCUT2D eigenvalue weighted by molar-refractivity contribution is -0.954. The highest BCUT2D eigenvalue weighted by Gasteiger charge is 2.47. The Morgan fingerprint density at radius 1 is 0.861 bits per heavy atom. The van der Waals surface area contributed by atoms with Crippen molar-refractivity contribution in [1.82, 2.24) is 5.16 Å². The molecule has 0 amide bonds. The minimum atomic E-state index is -1.36. The summed E-state index contributed by atoms with van der Waals surface area (Å²) in [7, 11) is 0. The lowest BCUT2D eigenvalue weighted by atomic mass is 9.83. The predicted octanol–water partition coefficient (Wildman–Crippen LogP) is 2.86. The zero-order chi connectivity index (χ0) is 23.7. The minimum absolute atomic E-state index is 0. The standard InChI is InChI=1S/C30H31N2O2S.BrH/c33-30(24-10-4-1-5-11-24,25-12-6-2-7-13-25)29-20-26(34-31-29)21-32-18-16-23(17-19-32)28(22-32)35-27-14-8-3-9-15-27;/h1-15,20,23,28,33H,16-19,21-22H2;1H/q+1;/p-1/t23?,28-,32?;/m0./s1. The van der Waals surface area contributed by atoms with Crippen LogP contribution in [0.15, 0.2) is 106 Å². The van der Waals surface area contributed by atoms with Crippen molar-refractivity contribution in [2.45, 2.75) is 35.1 Å². The van der Waals surface area contributed by atoms with Crippen LogP contribution < -0.4 is 17.0 Å². The summed E-state index contributed by atoms with van der Waals surface area (Å²) < 4.78 is 6.97. The molecule has 3 aromatic carbocycles. The van der Waals surface area contributed by atoms with Gasteiger partial charge in [0.05, 0.1) is 24.9 Å². The van der Waals surface area contributed by atoms with Gasteiger partial charge < -0.3 is 31.1 Å². The van der Waals surface area contributed by atoms with Crippen LogP contribution in [0.1, 0.15) is 35.4 Å². The lowest BCUT2D eigenvalue weighted by Crippen LogP contribution is -3.00. The van der Waals surface area contributed by atoms with E-state index in [9.17, 15) is 5.11 Å². The fourth-order valence-corrected chi connectivity index (χ4v) is 7.48. The maximum absolute atomic E-state index is 12.0. The van der Waals surface area contributed by atoms with Gasteiger partial charge in [0.2, 0.25) is 0 Å². The number of rotatable bonds is 7. The molecule has 36 heavy (non-hydrogen) atoms. The first-order valence-electron chi connectivity index (χ1n) is 12.5. The van der Waals surface area contributed by atoms with Crippen LogP contribution in [0.4, 0.5) is 0 Å². The van der Waals surface area contributed by atoms with Gasteiger partial charge in [-0.3, -0.25) is 0 Å². The summed E-state index contributed by atoms with van der Waals surface area (Å²) in [6.45, 7) is 4.36. The molecule has 4 heterocycles. The summed E-state index contributed by atoms with van der Waals surface area (Å²) in [4.78, 5) is 1.36. The third-order valence-electron chi connectivity index (χ3n) is 7.88. The average molecular weight is 564 g/mol. The number of piperidine rings is 3. The van der Waals surface area contributed by atoms with Crippen LogP contribution in [0.5, 0.6) is 0 Å². The molecule has 0 saturated carbocycles. The second-order valence-electron chi connectivity index (χ2n) is 10.1. The quantitative estimate of drug-likeness (QED) is 0.352. The van der Waals surface area contributed by atoms with E-state index in [4.69, 9.17) is 4.52 Å². The molecule has 7 rings (SSSR count). The van der Waals surface area contributed by atoms with Crippen molar-refractivity contribution in [2.24, 2.45) is 5.92 Å². The van der Waals surface area contributed by atoms with Crippen molar-refractivity contribution in [1.29, 1.82) is 0 Å². The summed E-state index contributed by atoms with van der Waals surface area (Å²) in [5, 5.41) is 17.1. The van der Waals surface area contributed by atoms with Gasteiger partial charge >= 0.3 is 0 Å². The Hall–Kier alpha value is -2.38. The van der Waals surface area contributed by atoms with Gasteiger partial charge in [0.1, 0.15) is 12.2 Å². The Morgan fingerprint density at radius 2 is 1.42 bits per heavy atom. The van der Waals surface area contributed by atoms with Crippen LogP contribution in [-0.4, -0.2) is 39.6 Å². The minimum Gasteiger partial charge on any atom is -1.00 e. The van der Waals surface area contributed by atoms with E-state index in [0.717, 1.165) is 40.4 Å². The second kappa shape index (κ2) is 10.5. The predicted molar refractivity (Wildman–Crippen MR) is 139 cm³/mol. The molecule has 186 valence electrons. The largest absolute Gasteiger partial charge is 1.00 e. The third-order valence-corrected chi connectivity index (χ3v) is 9.26. The molecule has 6 heteroatoms. The van der Waals surface area contributed by atoms with Crippen LogP contribution in [0.3, 0.4) is 0 Å². The number of hydrogen-bond acceptors (Lipinski definition) is 4. The van der Waals surface area contributed by atoms with Crippen molar-refractivity contribution < 1.29 is 31.1 Å². The smallest absolute Gasteiger partial charge is 0.191 e. The Morgan fingerprint density at radius 3 is 2.00 bits per heavy atom. The maximum atomic E-state index is 12.0. The Bertz CT molecular complexity index is 1220. The maximum Gasteiger partial charge on any atom is 0.191 e. The summed E-state index contributed by atoms with van der Waals surface area (Å²) in [6, 6.07) is 32.3. The summed E-state index contributed by atoms with van der Waals surface area (Å²) >= 11 is 2.04. The zero-order valence-corrected chi connectivity index (χ0v) is 22.6. The van der Waals surface area contributed by atoms with Crippen molar-refractivity contribution in [3.8, 4) is 0 Å². The number of benzene rings is 3. The van der Waals surface area contributed by atoms with Crippen LogP contribution in [0.25, 0.3) is 0 Å². The van der Waals surface area contributed by atoms with Gasteiger partial charge in [0.15, 0.2) is 11.4 Å². The first-order valence-corrected chi connectivity index (χ1v) is 13.4. The summed E-state index contributed by atoms with van der Waals surface area (Å²) in [6.07, 6.45) is 2.53. The normalized spacial score (nSPS) is 23.2. The number of halogens is 1. The van der Waals surface area contributed by atoms with Crippen LogP contribution in [0, 0.1) is 5.92 Å². The summed E-state index contributed by atoms with van der Waals surface area (Å²) in [5.74, 6) is 1.65. The van der Waals surface area contributed by atoms with Crippen molar-refractivity contribution in [3.05, 3.63) is 120 Å². The molecule has 3 fully saturated rings. The van der Waals surface area contributed by atoms with Gasteiger partial charge in [0, 0.05) is 23.8 Å². The van der Waals surface area contributed by atoms with Crippen molar-refractivity contribution in [3.63, 3.8) is 0 Å². The van der Waals surface area contributed by atoms with E-state index in [0.29, 0.717) is 10.9 Å². The number of aromatic nitrogens is 1. The molecule has 1 aromatic heterocycles.